The first-order chi connectivity index (χ1) is 14.5. The molecule has 0 saturated heterocycles. The Morgan fingerprint density at radius 3 is 2.23 bits per heavy atom. The average molecular weight is 437 g/mol. The molecule has 0 aliphatic carbocycles. The third kappa shape index (κ3) is 4.40. The number of anilines is 1. The van der Waals surface area contributed by atoms with E-state index in [4.69, 9.17) is 28.3 Å². The van der Waals surface area contributed by atoms with E-state index in [-0.39, 0.29) is 11.6 Å². The smallest absolute Gasteiger partial charge is 0.337 e. The summed E-state index contributed by atoms with van der Waals surface area (Å²) < 4.78 is 0. The van der Waals surface area contributed by atoms with Crippen molar-refractivity contribution < 1.29 is 9.90 Å². The van der Waals surface area contributed by atoms with Gasteiger partial charge in [-0.05, 0) is 53.6 Å². The van der Waals surface area contributed by atoms with Gasteiger partial charge in [0.15, 0.2) is 0 Å². The zero-order chi connectivity index (χ0) is 21.1. The molecule has 3 aromatic carbocycles. The lowest BCUT2D eigenvalue weighted by Gasteiger charge is -2.25. The Kier molecular flexibility index (Phi) is 5.88. The number of aromatic carboxylic acids is 1. The van der Waals surface area contributed by atoms with Crippen LogP contribution in [0, 0.1) is 0 Å². The van der Waals surface area contributed by atoms with Gasteiger partial charge in [-0.3, -0.25) is 5.01 Å². The Bertz CT molecular complexity index is 1120. The molecule has 4 rings (SSSR count). The number of halogens is 2. The number of carboxylic acid groups (broad SMARTS) is 1. The third-order valence-corrected chi connectivity index (χ3v) is 5.41. The first-order valence-corrected chi connectivity index (χ1v) is 10.1. The molecule has 4 nitrogen and oxygen atoms in total. The predicted octanol–water partition coefficient (Wildman–Crippen LogP) is 6.71. The second-order valence-corrected chi connectivity index (χ2v) is 7.79. The van der Waals surface area contributed by atoms with E-state index in [9.17, 15) is 9.90 Å². The van der Waals surface area contributed by atoms with Crippen molar-refractivity contribution >= 4 is 46.6 Å². The third-order valence-electron chi connectivity index (χ3n) is 4.91. The first kappa shape index (κ1) is 20.2. The number of nitrogens with zero attached hydrogens (tertiary/aromatic N) is 2. The minimum absolute atomic E-state index is 0.132. The second-order valence-electron chi connectivity index (χ2n) is 6.91. The Morgan fingerprint density at radius 1 is 0.933 bits per heavy atom. The van der Waals surface area contributed by atoms with Crippen molar-refractivity contribution in [1.82, 2.24) is 0 Å². The molecule has 1 N–H and O–H groups in total. The predicted molar refractivity (Wildman–Crippen MR) is 123 cm³/mol. The lowest BCUT2D eigenvalue weighted by Crippen LogP contribution is -2.20. The van der Waals surface area contributed by atoms with Gasteiger partial charge in [0.05, 0.1) is 23.0 Å². The van der Waals surface area contributed by atoms with Crippen LogP contribution in [0.5, 0.6) is 0 Å². The van der Waals surface area contributed by atoms with Gasteiger partial charge in [-0.25, -0.2) is 4.79 Å². The lowest BCUT2D eigenvalue weighted by atomic mass is 10.0. The minimum atomic E-state index is -0.985. The maximum atomic E-state index is 11.8. The highest BCUT2D eigenvalue weighted by Crippen LogP contribution is 2.37. The summed E-state index contributed by atoms with van der Waals surface area (Å²) in [4.78, 5) is 11.8. The van der Waals surface area contributed by atoms with Crippen LogP contribution in [0.4, 0.5) is 5.69 Å². The van der Waals surface area contributed by atoms with E-state index in [0.29, 0.717) is 22.2 Å². The minimum Gasteiger partial charge on any atom is -0.478 e. The number of carboxylic acids is 1. The van der Waals surface area contributed by atoms with Gasteiger partial charge < -0.3 is 5.11 Å². The Labute approximate surface area is 184 Å². The molecule has 1 aliphatic rings. The topological polar surface area (TPSA) is 52.9 Å². The number of hydrazone groups is 1. The highest BCUT2D eigenvalue weighted by molar-refractivity contribution is 6.30. The summed E-state index contributed by atoms with van der Waals surface area (Å²) in [5, 5.41) is 17.5. The maximum Gasteiger partial charge on any atom is 0.337 e. The highest BCUT2D eigenvalue weighted by atomic mass is 35.5. The van der Waals surface area contributed by atoms with Crippen molar-refractivity contribution in [2.75, 3.05) is 5.01 Å². The molecule has 0 bridgehead atoms. The number of hydrogen-bond acceptors (Lipinski definition) is 3. The molecule has 1 atom stereocenters. The molecule has 0 aromatic heterocycles. The summed E-state index contributed by atoms with van der Waals surface area (Å²) in [6.07, 6.45) is 4.57. The number of benzene rings is 3. The second kappa shape index (κ2) is 8.74. The van der Waals surface area contributed by atoms with E-state index in [0.717, 1.165) is 16.8 Å². The summed E-state index contributed by atoms with van der Waals surface area (Å²) in [5.74, 6) is -0.985. The van der Waals surface area contributed by atoms with Crippen LogP contribution in [0.2, 0.25) is 10.0 Å². The van der Waals surface area contributed by atoms with Gasteiger partial charge >= 0.3 is 5.97 Å². The van der Waals surface area contributed by atoms with Crippen molar-refractivity contribution in [2.45, 2.75) is 12.5 Å². The van der Waals surface area contributed by atoms with Crippen molar-refractivity contribution in [3.8, 4) is 0 Å². The summed E-state index contributed by atoms with van der Waals surface area (Å²) in [7, 11) is 0. The molecular weight excluding hydrogens is 419 g/mol. The molecule has 1 aliphatic heterocycles. The van der Waals surface area contributed by atoms with Crippen LogP contribution in [0.1, 0.15) is 33.9 Å². The first-order valence-electron chi connectivity index (χ1n) is 9.39. The zero-order valence-corrected chi connectivity index (χ0v) is 17.4. The average Bonchev–Trinajstić information content (AvgIpc) is 3.18. The van der Waals surface area contributed by atoms with E-state index in [2.05, 4.69) is 0 Å². The summed E-state index contributed by atoms with van der Waals surface area (Å²) >= 11 is 12.0. The molecule has 6 heteroatoms. The molecule has 0 spiro atoms. The fraction of sp³-hybridized carbons (Fsp3) is 0.0833. The molecule has 150 valence electrons. The van der Waals surface area contributed by atoms with Crippen LogP contribution in [0.25, 0.3) is 6.08 Å². The van der Waals surface area contributed by atoms with Gasteiger partial charge in [-0.1, -0.05) is 65.7 Å². The van der Waals surface area contributed by atoms with Gasteiger partial charge in [0.25, 0.3) is 0 Å². The van der Waals surface area contributed by atoms with Gasteiger partial charge in [-0.15, -0.1) is 0 Å². The number of rotatable bonds is 5. The Balaban J connectivity index is 1.71. The van der Waals surface area contributed by atoms with E-state index < -0.39 is 5.97 Å². The number of para-hydroxylation sites is 1. The Hall–Kier alpha value is -3.08. The number of carbonyl (C=O) groups is 1. The largest absolute Gasteiger partial charge is 0.478 e. The normalized spacial score (nSPS) is 16.1. The lowest BCUT2D eigenvalue weighted by molar-refractivity contribution is 0.0697. The highest BCUT2D eigenvalue weighted by Gasteiger charge is 2.30. The molecule has 0 saturated carbocycles. The van der Waals surface area contributed by atoms with Gasteiger partial charge in [0.2, 0.25) is 0 Å². The monoisotopic (exact) mass is 436 g/mol. The van der Waals surface area contributed by atoms with Gasteiger partial charge in [0.1, 0.15) is 0 Å². The SMILES string of the molecule is O=C(O)c1ccccc1N1N=C(/C=C/c2ccc(Cl)cc2)CC1c1ccc(Cl)cc1. The molecule has 1 unspecified atom stereocenters. The van der Waals surface area contributed by atoms with E-state index in [1.165, 1.54) is 0 Å². The molecular formula is C24H18Cl2N2O2. The van der Waals surface area contributed by atoms with Crippen LogP contribution < -0.4 is 5.01 Å². The van der Waals surface area contributed by atoms with Crippen molar-refractivity contribution in [3.05, 3.63) is 106 Å². The van der Waals surface area contributed by atoms with Crippen LogP contribution in [-0.2, 0) is 0 Å². The zero-order valence-electron chi connectivity index (χ0n) is 15.9. The van der Waals surface area contributed by atoms with E-state index in [1.54, 1.807) is 23.2 Å². The van der Waals surface area contributed by atoms with Crippen LogP contribution in [0.3, 0.4) is 0 Å². The van der Waals surface area contributed by atoms with Crippen molar-refractivity contribution in [2.24, 2.45) is 5.10 Å². The summed E-state index contributed by atoms with van der Waals surface area (Å²) in [5.41, 5.74) is 3.64. The molecule has 0 fully saturated rings. The fourth-order valence-electron chi connectivity index (χ4n) is 3.42. The van der Waals surface area contributed by atoms with E-state index >= 15 is 0 Å². The molecule has 30 heavy (non-hydrogen) atoms. The van der Waals surface area contributed by atoms with Crippen molar-refractivity contribution in [1.29, 1.82) is 0 Å². The molecule has 0 radical (unpaired) electrons. The maximum absolute atomic E-state index is 11.8. The van der Waals surface area contributed by atoms with E-state index in [1.807, 2.05) is 66.7 Å². The van der Waals surface area contributed by atoms with Crippen LogP contribution in [-0.4, -0.2) is 16.8 Å². The van der Waals surface area contributed by atoms with Gasteiger partial charge in [-0.2, -0.15) is 5.10 Å². The molecule has 1 heterocycles. The number of hydrogen-bond donors (Lipinski definition) is 1. The number of allylic oxidation sites excluding steroid dienone is 1. The summed E-state index contributed by atoms with van der Waals surface area (Å²) in [6, 6.07) is 21.9. The Morgan fingerprint density at radius 2 is 1.57 bits per heavy atom. The standard InChI is InChI=1S/C24H18Cl2N2O2/c25-18-10-5-16(6-11-18)7-14-20-15-23(17-8-12-19(26)13-9-17)28(27-20)22-4-2-1-3-21(22)24(29)30/h1-14,23H,15H2,(H,29,30)/b14-7+. The quantitative estimate of drug-likeness (QED) is 0.483. The van der Waals surface area contributed by atoms with Crippen LogP contribution in [0.15, 0.2) is 84.0 Å². The molecule has 0 amide bonds. The van der Waals surface area contributed by atoms with Gasteiger partial charge in [0, 0.05) is 16.5 Å². The van der Waals surface area contributed by atoms with Crippen LogP contribution >= 0.6 is 23.2 Å². The molecule has 3 aromatic rings. The fourth-order valence-corrected chi connectivity index (χ4v) is 3.67. The van der Waals surface area contributed by atoms with Crippen molar-refractivity contribution in [3.63, 3.8) is 0 Å². The summed E-state index contributed by atoms with van der Waals surface area (Å²) in [6.45, 7) is 0.